The molecule has 2 aromatic heterocycles. The molecule has 5 aromatic rings. The fourth-order valence-electron chi connectivity index (χ4n) is 8.63. The zero-order valence-corrected chi connectivity index (χ0v) is 35.6. The first kappa shape index (κ1) is 41.8. The van der Waals surface area contributed by atoms with Gasteiger partial charge in [-0.3, -0.25) is 9.59 Å². The first-order chi connectivity index (χ1) is 29.1. The van der Waals surface area contributed by atoms with Crippen molar-refractivity contribution in [1.82, 2.24) is 35.1 Å². The minimum Gasteiger partial charge on any atom is -0.453 e. The van der Waals surface area contributed by atoms with Crippen LogP contribution in [0.3, 0.4) is 0 Å². The maximum atomic E-state index is 16.5. The Morgan fingerprint density at radius 1 is 0.918 bits per heavy atom. The average Bonchev–Trinajstić information content (AvgIpc) is 3.52. The van der Waals surface area contributed by atoms with Gasteiger partial charge < -0.3 is 34.6 Å². The van der Waals surface area contributed by atoms with Crippen LogP contribution in [0.25, 0.3) is 44.5 Å². The molecule has 1 fully saturated rings. The number of aromatic amines is 2. The number of H-pyrrole nitrogens is 2. The zero-order valence-electron chi connectivity index (χ0n) is 35.6. The van der Waals surface area contributed by atoms with Crippen molar-refractivity contribution < 1.29 is 32.6 Å². The summed E-state index contributed by atoms with van der Waals surface area (Å²) in [7, 11) is 2.81. The lowest BCUT2D eigenvalue weighted by Gasteiger charge is -2.35. The summed E-state index contributed by atoms with van der Waals surface area (Å²) in [6.07, 6.45) is 7.03. The molecule has 3 unspecified atom stereocenters. The number of halogens is 2. The van der Waals surface area contributed by atoms with Gasteiger partial charge in [-0.15, -0.1) is 0 Å². The topological polar surface area (TPSA) is 146 Å². The fraction of sp³-hybridized carbons (Fsp3) is 0.426. The third-order valence-electron chi connectivity index (χ3n) is 12.4. The largest absolute Gasteiger partial charge is 0.453 e. The summed E-state index contributed by atoms with van der Waals surface area (Å²) in [4.78, 5) is 59.2. The van der Waals surface area contributed by atoms with Gasteiger partial charge in [0.1, 0.15) is 23.8 Å². The number of hydrogen-bond donors (Lipinski definition) is 3. The van der Waals surface area contributed by atoms with Crippen LogP contribution >= 0.6 is 0 Å². The standard InChI is InChI=1S/C47H53F2N7O5/c1-26(2)40(54-45(59)61-7)43(57)55(25-46(5)17-18-46)24-39-50-23-37(51-39)30-12-15-32-31-14-11-28(20-33(31)47(48,49)34(32)21-30)29-13-16-35-36(22-29)53-42(52-35)38-10-8-9-19-56(38)44(58)41(60-6)27(3)4/h8-9,11-16,20-23,26-27,38,40-41H,10,17-19,24-25H2,1-7H3,(H,50,51)(H,52,53)(H,54,59). The second-order valence-corrected chi connectivity index (χ2v) is 17.7. The number of nitrogens with zero attached hydrogens (tertiary/aromatic N) is 4. The van der Waals surface area contributed by atoms with Crippen LogP contribution in [-0.2, 0) is 31.5 Å². The number of hydrogen-bond acceptors (Lipinski definition) is 7. The quantitative estimate of drug-likeness (QED) is 0.101. The molecule has 3 aliphatic rings. The molecule has 0 bridgehead atoms. The highest BCUT2D eigenvalue weighted by molar-refractivity contribution is 5.88. The van der Waals surface area contributed by atoms with Crippen LogP contribution in [0.2, 0.25) is 0 Å². The van der Waals surface area contributed by atoms with Gasteiger partial charge in [0, 0.05) is 43.1 Å². The highest BCUT2D eigenvalue weighted by Gasteiger charge is 2.45. The number of alkyl halides is 2. The Morgan fingerprint density at radius 3 is 2.25 bits per heavy atom. The number of amides is 3. The van der Waals surface area contributed by atoms with E-state index in [9.17, 15) is 14.4 Å². The van der Waals surface area contributed by atoms with E-state index in [1.165, 1.54) is 13.2 Å². The summed E-state index contributed by atoms with van der Waals surface area (Å²) in [6, 6.07) is 14.8. The third-order valence-corrected chi connectivity index (χ3v) is 12.4. The Balaban J connectivity index is 1.02. The van der Waals surface area contributed by atoms with Gasteiger partial charge in [0.25, 0.3) is 11.8 Å². The number of ether oxygens (including phenoxy) is 2. The summed E-state index contributed by atoms with van der Waals surface area (Å²) < 4.78 is 43.4. The molecule has 3 aromatic carbocycles. The molecule has 3 atom stereocenters. The Morgan fingerprint density at radius 2 is 1.59 bits per heavy atom. The lowest BCUT2D eigenvalue weighted by atomic mass is 9.98. The molecule has 1 saturated carbocycles. The SMILES string of the molecule is COC(=O)NC(C(=O)N(Cc1nc(-c2ccc3c(c2)C(F)(F)c2cc(-c4ccc5nc(C6CC=CCN6C(=O)C(OC)C(C)C)[nH]c5c4)ccc2-3)c[nH]1)CC1(C)CC1)C(C)C. The Kier molecular flexibility index (Phi) is 11.1. The number of alkyl carbamates (subject to hydrolysis) is 1. The molecule has 3 N–H and O–H groups in total. The molecule has 12 nitrogen and oxygen atoms in total. The van der Waals surface area contributed by atoms with E-state index in [0.29, 0.717) is 64.6 Å². The van der Waals surface area contributed by atoms with E-state index in [2.05, 4.69) is 22.2 Å². The monoisotopic (exact) mass is 833 g/mol. The van der Waals surface area contributed by atoms with Gasteiger partial charge in [-0.25, -0.2) is 14.8 Å². The summed E-state index contributed by atoms with van der Waals surface area (Å²) in [6.45, 7) is 10.9. The number of carbonyl (C=O) groups excluding carboxylic acids is 3. The molecule has 0 radical (unpaired) electrons. The predicted molar refractivity (Wildman–Crippen MR) is 228 cm³/mol. The van der Waals surface area contributed by atoms with Gasteiger partial charge in [-0.05, 0) is 83.0 Å². The van der Waals surface area contributed by atoms with Gasteiger partial charge in [-0.1, -0.05) is 77.1 Å². The number of methoxy groups -OCH3 is 2. The molecule has 3 heterocycles. The molecule has 1 aliphatic heterocycles. The summed E-state index contributed by atoms with van der Waals surface area (Å²) in [5.74, 6) is -2.63. The molecule has 3 amide bonds. The number of imidazole rings is 2. The normalized spacial score (nSPS) is 18.2. The molecular weight excluding hydrogens is 781 g/mol. The van der Waals surface area contributed by atoms with Crippen LogP contribution in [-0.4, -0.2) is 87.1 Å². The van der Waals surface area contributed by atoms with Crippen molar-refractivity contribution >= 4 is 28.9 Å². The third kappa shape index (κ3) is 8.05. The maximum absolute atomic E-state index is 16.5. The van der Waals surface area contributed by atoms with E-state index >= 15 is 8.78 Å². The first-order valence-electron chi connectivity index (χ1n) is 20.9. The Labute approximate surface area is 354 Å². The van der Waals surface area contributed by atoms with Gasteiger partial charge in [-0.2, -0.15) is 8.78 Å². The number of nitrogens with one attached hydrogen (secondary N) is 3. The van der Waals surface area contributed by atoms with Crippen molar-refractivity contribution in [2.45, 2.75) is 84.5 Å². The molecule has 2 aliphatic carbocycles. The van der Waals surface area contributed by atoms with Crippen LogP contribution < -0.4 is 5.32 Å². The Bertz CT molecular complexity index is 2520. The number of rotatable bonds is 13. The van der Waals surface area contributed by atoms with E-state index in [4.69, 9.17) is 19.4 Å². The maximum Gasteiger partial charge on any atom is 0.407 e. The number of carbonyl (C=O) groups is 3. The lowest BCUT2D eigenvalue weighted by molar-refractivity contribution is -0.147. The second kappa shape index (κ2) is 16.2. The van der Waals surface area contributed by atoms with Crippen LogP contribution in [0.5, 0.6) is 0 Å². The fourth-order valence-corrected chi connectivity index (χ4v) is 8.63. The number of aromatic nitrogens is 4. The van der Waals surface area contributed by atoms with Crippen molar-refractivity contribution in [3.8, 4) is 33.5 Å². The van der Waals surface area contributed by atoms with E-state index in [0.717, 1.165) is 23.9 Å². The van der Waals surface area contributed by atoms with Crippen molar-refractivity contribution in [2.24, 2.45) is 17.3 Å². The molecule has 320 valence electrons. The van der Waals surface area contributed by atoms with Crippen LogP contribution in [0.15, 0.2) is 72.9 Å². The average molecular weight is 834 g/mol. The van der Waals surface area contributed by atoms with Crippen LogP contribution in [0.4, 0.5) is 13.6 Å². The highest BCUT2D eigenvalue weighted by atomic mass is 19.3. The van der Waals surface area contributed by atoms with E-state index in [1.54, 1.807) is 47.4 Å². The summed E-state index contributed by atoms with van der Waals surface area (Å²) in [5.41, 5.74) is 4.58. The highest BCUT2D eigenvalue weighted by Crippen LogP contribution is 2.53. The summed E-state index contributed by atoms with van der Waals surface area (Å²) >= 11 is 0. The van der Waals surface area contributed by atoms with Crippen molar-refractivity contribution in [2.75, 3.05) is 27.3 Å². The molecular formula is C47H53F2N7O5. The van der Waals surface area contributed by atoms with Gasteiger partial charge in [0.05, 0.1) is 36.4 Å². The van der Waals surface area contributed by atoms with Gasteiger partial charge in [0.15, 0.2) is 0 Å². The second-order valence-electron chi connectivity index (χ2n) is 17.7. The predicted octanol–water partition coefficient (Wildman–Crippen LogP) is 8.75. The smallest absolute Gasteiger partial charge is 0.407 e. The lowest BCUT2D eigenvalue weighted by Crippen LogP contribution is -2.52. The van der Waals surface area contributed by atoms with Gasteiger partial charge in [0.2, 0.25) is 5.91 Å². The zero-order chi connectivity index (χ0) is 43.4. The van der Waals surface area contributed by atoms with Gasteiger partial charge >= 0.3 is 6.09 Å². The van der Waals surface area contributed by atoms with Crippen molar-refractivity contribution in [3.05, 3.63) is 95.7 Å². The minimum absolute atomic E-state index is 0.00608. The number of fused-ring (bicyclic) bond motifs is 4. The minimum atomic E-state index is -3.27. The van der Waals surface area contributed by atoms with E-state index in [-0.39, 0.29) is 52.8 Å². The van der Waals surface area contributed by atoms with Crippen molar-refractivity contribution in [1.29, 1.82) is 0 Å². The van der Waals surface area contributed by atoms with Crippen LogP contribution in [0, 0.1) is 17.3 Å². The summed E-state index contributed by atoms with van der Waals surface area (Å²) in [5, 5.41) is 2.68. The number of benzene rings is 3. The molecule has 61 heavy (non-hydrogen) atoms. The van der Waals surface area contributed by atoms with E-state index in [1.807, 2.05) is 64.1 Å². The Hall–Kier alpha value is -5.89. The molecule has 0 saturated heterocycles. The molecule has 14 heteroatoms. The molecule has 0 spiro atoms. The first-order valence-corrected chi connectivity index (χ1v) is 20.9. The van der Waals surface area contributed by atoms with Crippen molar-refractivity contribution in [3.63, 3.8) is 0 Å². The van der Waals surface area contributed by atoms with E-state index < -0.39 is 24.2 Å². The van der Waals surface area contributed by atoms with Crippen LogP contribution in [0.1, 0.15) is 82.7 Å². The molecule has 8 rings (SSSR count).